The zero-order valence-electron chi connectivity index (χ0n) is 14.7. The fourth-order valence-corrected chi connectivity index (χ4v) is 3.87. The Morgan fingerprint density at radius 3 is 2.64 bits per heavy atom. The molecule has 0 aliphatic carbocycles. The molecule has 0 spiro atoms. The summed E-state index contributed by atoms with van der Waals surface area (Å²) in [5, 5.41) is 12.0. The third-order valence-electron chi connectivity index (χ3n) is 4.62. The van der Waals surface area contributed by atoms with Gasteiger partial charge in [-0.1, -0.05) is 11.8 Å². The average molecular weight is 370 g/mol. The van der Waals surface area contributed by atoms with Gasteiger partial charge in [-0.2, -0.15) is 0 Å². The number of tetrazole rings is 1. The minimum absolute atomic E-state index is 0.146. The molecule has 140 valence electrons. The van der Waals surface area contributed by atoms with Gasteiger partial charge in [-0.15, -0.1) is 5.10 Å². The number of amides is 1. The molecule has 2 saturated heterocycles. The number of rotatable bonds is 7. The Morgan fingerprint density at radius 1 is 1.24 bits per heavy atom. The van der Waals surface area contributed by atoms with Crippen LogP contribution in [0.2, 0.25) is 0 Å². The fraction of sp³-hybridized carbons (Fsp3) is 0.867. The second kappa shape index (κ2) is 9.46. The lowest BCUT2D eigenvalue weighted by molar-refractivity contribution is -0.133. The molecule has 0 bridgehead atoms. The summed E-state index contributed by atoms with van der Waals surface area (Å²) < 4.78 is 12.4. The lowest BCUT2D eigenvalue weighted by atomic mass is 10.1. The Bertz CT molecular complexity index is 545. The molecule has 3 heterocycles. The van der Waals surface area contributed by atoms with Gasteiger partial charge >= 0.3 is 0 Å². The molecule has 25 heavy (non-hydrogen) atoms. The highest BCUT2D eigenvalue weighted by Gasteiger charge is 2.26. The van der Waals surface area contributed by atoms with Crippen LogP contribution in [-0.4, -0.2) is 100 Å². The van der Waals surface area contributed by atoms with E-state index in [1.807, 2.05) is 4.90 Å². The number of hydrogen-bond acceptors (Lipinski definition) is 8. The fourth-order valence-electron chi connectivity index (χ4n) is 3.13. The van der Waals surface area contributed by atoms with Crippen LogP contribution >= 0.6 is 11.8 Å². The van der Waals surface area contributed by atoms with Gasteiger partial charge in [0, 0.05) is 52.5 Å². The summed E-state index contributed by atoms with van der Waals surface area (Å²) >= 11 is 1.39. The maximum atomic E-state index is 12.9. The van der Waals surface area contributed by atoms with Crippen molar-refractivity contribution in [2.24, 2.45) is 7.05 Å². The number of aromatic nitrogens is 4. The molecule has 0 radical (unpaired) electrons. The lowest BCUT2D eigenvalue weighted by Crippen LogP contribution is -2.49. The monoisotopic (exact) mass is 370 g/mol. The van der Waals surface area contributed by atoms with E-state index in [1.54, 1.807) is 11.7 Å². The van der Waals surface area contributed by atoms with Gasteiger partial charge in [-0.25, -0.2) is 4.68 Å². The van der Waals surface area contributed by atoms with Gasteiger partial charge in [0.05, 0.1) is 19.0 Å². The summed E-state index contributed by atoms with van der Waals surface area (Å²) in [7, 11) is 1.78. The molecule has 2 fully saturated rings. The van der Waals surface area contributed by atoms with Gasteiger partial charge < -0.3 is 14.4 Å². The van der Waals surface area contributed by atoms with E-state index in [0.29, 0.717) is 10.9 Å². The number of ether oxygens (including phenoxy) is 2. The van der Waals surface area contributed by atoms with E-state index in [2.05, 4.69) is 20.4 Å². The third-order valence-corrected chi connectivity index (χ3v) is 5.61. The first-order valence-corrected chi connectivity index (χ1v) is 9.75. The standard InChI is InChI=1S/C15H26N6O3S/c1-19-15(16-17-18-19)25-12-14(22)21(13-2-8-23-9-3-13)5-4-20-6-10-24-11-7-20/h13H,2-12H2,1H3. The van der Waals surface area contributed by atoms with Crippen molar-refractivity contribution in [3.8, 4) is 0 Å². The maximum Gasteiger partial charge on any atom is 0.233 e. The number of hydrogen-bond donors (Lipinski definition) is 0. The Hall–Kier alpha value is -1.23. The second-order valence-corrected chi connectivity index (χ2v) is 7.20. The van der Waals surface area contributed by atoms with Crippen LogP contribution < -0.4 is 0 Å². The molecule has 0 saturated carbocycles. The zero-order chi connectivity index (χ0) is 17.5. The molecule has 10 heteroatoms. The molecule has 0 N–H and O–H groups in total. The first-order chi connectivity index (χ1) is 12.2. The highest BCUT2D eigenvalue weighted by Crippen LogP contribution is 2.19. The van der Waals surface area contributed by atoms with Gasteiger partial charge in [0.1, 0.15) is 0 Å². The van der Waals surface area contributed by atoms with Gasteiger partial charge in [0.15, 0.2) is 0 Å². The predicted octanol–water partition coefficient (Wildman–Crippen LogP) is -0.358. The highest BCUT2D eigenvalue weighted by molar-refractivity contribution is 7.99. The van der Waals surface area contributed by atoms with Crippen molar-refractivity contribution in [3.05, 3.63) is 0 Å². The molecule has 1 amide bonds. The predicted molar refractivity (Wildman–Crippen MR) is 92.3 cm³/mol. The van der Waals surface area contributed by atoms with Crippen molar-refractivity contribution in [2.75, 3.05) is 58.4 Å². The first-order valence-electron chi connectivity index (χ1n) is 8.76. The van der Waals surface area contributed by atoms with Crippen LogP contribution in [0.1, 0.15) is 12.8 Å². The van der Waals surface area contributed by atoms with Gasteiger partial charge in [0.2, 0.25) is 11.1 Å². The minimum atomic E-state index is 0.146. The summed E-state index contributed by atoms with van der Waals surface area (Å²) in [6.07, 6.45) is 1.82. The average Bonchev–Trinajstić information content (AvgIpc) is 3.07. The second-order valence-electron chi connectivity index (χ2n) is 6.26. The third kappa shape index (κ3) is 5.37. The largest absolute Gasteiger partial charge is 0.381 e. The molecule has 1 aromatic rings. The van der Waals surface area contributed by atoms with E-state index in [0.717, 1.165) is 65.4 Å². The number of nitrogens with zero attached hydrogens (tertiary/aromatic N) is 6. The van der Waals surface area contributed by atoms with Crippen molar-refractivity contribution < 1.29 is 14.3 Å². The van der Waals surface area contributed by atoms with Crippen LogP contribution in [0.25, 0.3) is 0 Å². The van der Waals surface area contributed by atoms with Crippen molar-refractivity contribution in [1.82, 2.24) is 30.0 Å². The number of morpholine rings is 1. The van der Waals surface area contributed by atoms with E-state index in [9.17, 15) is 4.79 Å². The van der Waals surface area contributed by atoms with E-state index in [1.165, 1.54) is 11.8 Å². The van der Waals surface area contributed by atoms with Crippen LogP contribution in [0.15, 0.2) is 5.16 Å². The van der Waals surface area contributed by atoms with E-state index in [-0.39, 0.29) is 11.9 Å². The Balaban J connectivity index is 1.56. The summed E-state index contributed by atoms with van der Waals surface area (Å²) in [4.78, 5) is 17.3. The molecule has 0 unspecified atom stereocenters. The molecule has 1 aromatic heterocycles. The molecular weight excluding hydrogens is 344 g/mol. The molecule has 2 aliphatic heterocycles. The summed E-state index contributed by atoms with van der Waals surface area (Å²) in [5.74, 6) is 0.502. The van der Waals surface area contributed by atoms with Crippen LogP contribution in [-0.2, 0) is 21.3 Å². The summed E-state index contributed by atoms with van der Waals surface area (Å²) in [5.41, 5.74) is 0. The number of thioether (sulfide) groups is 1. The summed E-state index contributed by atoms with van der Waals surface area (Å²) in [6, 6.07) is 0.264. The van der Waals surface area contributed by atoms with Crippen LogP contribution in [0, 0.1) is 0 Å². The van der Waals surface area contributed by atoms with Crippen molar-refractivity contribution in [1.29, 1.82) is 0 Å². The van der Waals surface area contributed by atoms with Crippen molar-refractivity contribution in [3.63, 3.8) is 0 Å². The Morgan fingerprint density at radius 2 is 1.96 bits per heavy atom. The van der Waals surface area contributed by atoms with Crippen LogP contribution in [0.3, 0.4) is 0 Å². The molecule has 2 aliphatic rings. The highest BCUT2D eigenvalue weighted by atomic mass is 32.2. The minimum Gasteiger partial charge on any atom is -0.381 e. The van der Waals surface area contributed by atoms with Gasteiger partial charge in [-0.3, -0.25) is 9.69 Å². The number of aryl methyl sites for hydroxylation is 1. The zero-order valence-corrected chi connectivity index (χ0v) is 15.5. The van der Waals surface area contributed by atoms with Crippen LogP contribution in [0.5, 0.6) is 0 Å². The number of carbonyl (C=O) groups excluding carboxylic acids is 1. The maximum absolute atomic E-state index is 12.9. The lowest BCUT2D eigenvalue weighted by Gasteiger charge is -2.36. The van der Waals surface area contributed by atoms with Crippen molar-refractivity contribution in [2.45, 2.75) is 24.0 Å². The van der Waals surface area contributed by atoms with E-state index < -0.39 is 0 Å². The van der Waals surface area contributed by atoms with Crippen molar-refractivity contribution >= 4 is 17.7 Å². The number of carbonyl (C=O) groups is 1. The SMILES string of the molecule is Cn1nnnc1SCC(=O)N(CCN1CCOCC1)C1CCOCC1. The Kier molecular flexibility index (Phi) is 7.02. The molecule has 3 rings (SSSR count). The normalized spacial score (nSPS) is 19.9. The topological polar surface area (TPSA) is 85.6 Å². The summed E-state index contributed by atoms with van der Waals surface area (Å²) in [6.45, 7) is 6.53. The first kappa shape index (κ1) is 18.6. The molecule has 0 aromatic carbocycles. The van der Waals surface area contributed by atoms with Gasteiger partial charge in [-0.05, 0) is 23.3 Å². The van der Waals surface area contributed by atoms with Crippen LogP contribution in [0.4, 0.5) is 0 Å². The van der Waals surface area contributed by atoms with Gasteiger partial charge in [0.25, 0.3) is 0 Å². The van der Waals surface area contributed by atoms with E-state index >= 15 is 0 Å². The Labute approximate surface area is 152 Å². The quantitative estimate of drug-likeness (QED) is 0.602. The van der Waals surface area contributed by atoms with E-state index in [4.69, 9.17) is 9.47 Å². The molecule has 0 atom stereocenters. The molecular formula is C15H26N6O3S. The smallest absolute Gasteiger partial charge is 0.233 e. The molecule has 9 nitrogen and oxygen atoms in total.